The highest BCUT2D eigenvalue weighted by Gasteiger charge is 2.17. The Balaban J connectivity index is 3.07. The number of halogens is 1. The van der Waals surface area contributed by atoms with Gasteiger partial charge in [-0.15, -0.1) is 0 Å². The summed E-state index contributed by atoms with van der Waals surface area (Å²) in [5.41, 5.74) is 1.75. The maximum absolute atomic E-state index is 14.1. The molecule has 1 aromatic carbocycles. The van der Waals surface area contributed by atoms with Gasteiger partial charge in [0.05, 0.1) is 5.69 Å². The number of nitrogens with one attached hydrogen (secondary N) is 1. The maximum Gasteiger partial charge on any atom is 0.146 e. The molecule has 0 aliphatic heterocycles. The lowest BCUT2D eigenvalue weighted by Crippen LogP contribution is -2.27. The van der Waals surface area contributed by atoms with Crippen molar-refractivity contribution in [2.75, 3.05) is 25.0 Å². The molecule has 0 aliphatic rings. The minimum absolute atomic E-state index is 0.139. The number of para-hydroxylation sites is 1. The van der Waals surface area contributed by atoms with Crippen LogP contribution in [0.25, 0.3) is 0 Å². The average molecular weight is 252 g/mol. The van der Waals surface area contributed by atoms with Crippen molar-refractivity contribution >= 4 is 5.69 Å². The first kappa shape index (κ1) is 15.0. The predicted molar refractivity (Wildman–Crippen MR) is 76.6 cm³/mol. The number of benzene rings is 1. The van der Waals surface area contributed by atoms with Crippen molar-refractivity contribution in [1.82, 2.24) is 5.32 Å². The highest BCUT2D eigenvalue weighted by atomic mass is 19.1. The molecular formula is C15H25FN2. The van der Waals surface area contributed by atoms with Crippen molar-refractivity contribution in [3.8, 4) is 0 Å². The van der Waals surface area contributed by atoms with Crippen molar-refractivity contribution in [3.63, 3.8) is 0 Å². The van der Waals surface area contributed by atoms with Gasteiger partial charge >= 0.3 is 0 Å². The van der Waals surface area contributed by atoms with E-state index in [-0.39, 0.29) is 11.9 Å². The van der Waals surface area contributed by atoms with E-state index in [2.05, 4.69) is 33.0 Å². The zero-order valence-electron chi connectivity index (χ0n) is 12.1. The summed E-state index contributed by atoms with van der Waals surface area (Å²) in [5, 5.41) is 3.34. The summed E-state index contributed by atoms with van der Waals surface area (Å²) >= 11 is 0. The largest absolute Gasteiger partial charge is 0.372 e. The van der Waals surface area contributed by atoms with Crippen LogP contribution in [0.15, 0.2) is 18.2 Å². The van der Waals surface area contributed by atoms with Crippen molar-refractivity contribution in [2.24, 2.45) is 5.92 Å². The van der Waals surface area contributed by atoms with E-state index < -0.39 is 0 Å². The van der Waals surface area contributed by atoms with E-state index in [0.29, 0.717) is 5.92 Å². The Bertz CT molecular complexity index is 377. The molecule has 1 atom stereocenters. The van der Waals surface area contributed by atoms with E-state index in [0.717, 1.165) is 24.3 Å². The SMILES string of the molecule is CCNC(C)c1cccc(F)c1N(C)CC(C)C. The third-order valence-electron chi connectivity index (χ3n) is 3.02. The molecule has 0 saturated heterocycles. The second-order valence-corrected chi connectivity index (χ2v) is 5.23. The standard InChI is InChI=1S/C15H25FN2/c1-6-17-12(4)13-8-7-9-14(16)15(13)18(5)10-11(2)3/h7-9,11-12,17H,6,10H2,1-5H3. The lowest BCUT2D eigenvalue weighted by Gasteiger charge is -2.27. The quantitative estimate of drug-likeness (QED) is 0.832. The first-order valence-corrected chi connectivity index (χ1v) is 6.70. The van der Waals surface area contributed by atoms with Gasteiger partial charge in [-0.2, -0.15) is 0 Å². The van der Waals surface area contributed by atoms with Gasteiger partial charge < -0.3 is 10.2 Å². The fraction of sp³-hybridized carbons (Fsp3) is 0.600. The fourth-order valence-electron chi connectivity index (χ4n) is 2.34. The van der Waals surface area contributed by atoms with Crippen LogP contribution in [0.4, 0.5) is 10.1 Å². The van der Waals surface area contributed by atoms with Crippen molar-refractivity contribution < 1.29 is 4.39 Å². The Hall–Kier alpha value is -1.09. The second-order valence-electron chi connectivity index (χ2n) is 5.23. The molecule has 0 spiro atoms. The summed E-state index contributed by atoms with van der Waals surface area (Å²) in [7, 11) is 1.96. The zero-order chi connectivity index (χ0) is 13.7. The minimum Gasteiger partial charge on any atom is -0.372 e. The Morgan fingerprint density at radius 1 is 1.28 bits per heavy atom. The number of anilines is 1. The van der Waals surface area contributed by atoms with Gasteiger partial charge in [-0.3, -0.25) is 0 Å². The summed E-state index contributed by atoms with van der Waals surface area (Å²) < 4.78 is 14.1. The van der Waals surface area contributed by atoms with Gasteiger partial charge in [0.15, 0.2) is 0 Å². The van der Waals surface area contributed by atoms with Crippen molar-refractivity contribution in [1.29, 1.82) is 0 Å². The van der Waals surface area contributed by atoms with Gasteiger partial charge in [0.1, 0.15) is 5.82 Å². The van der Waals surface area contributed by atoms with Crippen molar-refractivity contribution in [3.05, 3.63) is 29.6 Å². The van der Waals surface area contributed by atoms with Crippen LogP contribution in [0.1, 0.15) is 39.3 Å². The first-order chi connectivity index (χ1) is 8.47. The smallest absolute Gasteiger partial charge is 0.146 e. The van der Waals surface area contributed by atoms with E-state index in [1.807, 2.05) is 18.0 Å². The van der Waals surface area contributed by atoms with E-state index in [1.165, 1.54) is 6.07 Å². The molecule has 1 rings (SSSR count). The van der Waals surface area contributed by atoms with Gasteiger partial charge in [-0.25, -0.2) is 4.39 Å². The molecule has 0 radical (unpaired) electrons. The zero-order valence-corrected chi connectivity index (χ0v) is 12.1. The molecule has 0 aliphatic carbocycles. The van der Waals surface area contributed by atoms with Crippen LogP contribution in [0, 0.1) is 11.7 Å². The maximum atomic E-state index is 14.1. The Morgan fingerprint density at radius 3 is 2.50 bits per heavy atom. The van der Waals surface area contributed by atoms with Crippen LogP contribution in [0.2, 0.25) is 0 Å². The average Bonchev–Trinajstić information content (AvgIpc) is 2.27. The van der Waals surface area contributed by atoms with Crippen LogP contribution in [-0.2, 0) is 0 Å². The van der Waals surface area contributed by atoms with Crippen LogP contribution < -0.4 is 10.2 Å². The van der Waals surface area contributed by atoms with Gasteiger partial charge in [0.2, 0.25) is 0 Å². The Morgan fingerprint density at radius 2 is 1.94 bits per heavy atom. The molecule has 0 heterocycles. The summed E-state index contributed by atoms with van der Waals surface area (Å²) in [6.45, 7) is 10.2. The number of hydrogen-bond donors (Lipinski definition) is 1. The molecular weight excluding hydrogens is 227 g/mol. The van der Waals surface area contributed by atoms with Crippen LogP contribution in [0.3, 0.4) is 0 Å². The number of nitrogens with zero attached hydrogens (tertiary/aromatic N) is 1. The van der Waals surface area contributed by atoms with Gasteiger partial charge in [-0.1, -0.05) is 32.9 Å². The van der Waals surface area contributed by atoms with E-state index >= 15 is 0 Å². The molecule has 0 saturated carbocycles. The third kappa shape index (κ3) is 3.70. The monoisotopic (exact) mass is 252 g/mol. The molecule has 3 heteroatoms. The lowest BCUT2D eigenvalue weighted by atomic mass is 10.0. The Kier molecular flexibility index (Phi) is 5.60. The minimum atomic E-state index is -0.139. The second kappa shape index (κ2) is 6.74. The number of hydrogen-bond acceptors (Lipinski definition) is 2. The van der Waals surface area contributed by atoms with Crippen LogP contribution in [0.5, 0.6) is 0 Å². The van der Waals surface area contributed by atoms with E-state index in [4.69, 9.17) is 0 Å². The lowest BCUT2D eigenvalue weighted by molar-refractivity contribution is 0.569. The van der Waals surface area contributed by atoms with Gasteiger partial charge in [0, 0.05) is 19.6 Å². The number of rotatable bonds is 6. The van der Waals surface area contributed by atoms with Crippen LogP contribution in [-0.4, -0.2) is 20.1 Å². The summed E-state index contributed by atoms with van der Waals surface area (Å²) in [4.78, 5) is 2.02. The topological polar surface area (TPSA) is 15.3 Å². The molecule has 1 aromatic rings. The molecule has 0 bridgehead atoms. The summed E-state index contributed by atoms with van der Waals surface area (Å²) in [5.74, 6) is 0.372. The van der Waals surface area contributed by atoms with E-state index in [9.17, 15) is 4.39 Å². The third-order valence-corrected chi connectivity index (χ3v) is 3.02. The Labute approximate surface area is 110 Å². The molecule has 2 nitrogen and oxygen atoms in total. The van der Waals surface area contributed by atoms with Gasteiger partial charge in [0.25, 0.3) is 0 Å². The molecule has 0 amide bonds. The molecule has 102 valence electrons. The van der Waals surface area contributed by atoms with Crippen LogP contribution >= 0.6 is 0 Å². The summed E-state index contributed by atoms with van der Waals surface area (Å²) in [6, 6.07) is 5.48. The predicted octanol–water partition coefficient (Wildman–Crippen LogP) is 3.59. The normalized spacial score (nSPS) is 12.8. The van der Waals surface area contributed by atoms with E-state index in [1.54, 1.807) is 6.07 Å². The first-order valence-electron chi connectivity index (χ1n) is 6.70. The summed E-state index contributed by atoms with van der Waals surface area (Å²) in [6.07, 6.45) is 0. The molecule has 1 N–H and O–H groups in total. The highest BCUT2D eigenvalue weighted by molar-refractivity contribution is 5.55. The molecule has 0 fully saturated rings. The van der Waals surface area contributed by atoms with Crippen molar-refractivity contribution in [2.45, 2.75) is 33.7 Å². The molecule has 1 unspecified atom stereocenters. The van der Waals surface area contributed by atoms with Gasteiger partial charge in [-0.05, 0) is 31.0 Å². The fourth-order valence-corrected chi connectivity index (χ4v) is 2.34. The highest BCUT2D eigenvalue weighted by Crippen LogP contribution is 2.29. The molecule has 0 aromatic heterocycles. The molecule has 18 heavy (non-hydrogen) atoms.